The summed E-state index contributed by atoms with van der Waals surface area (Å²) in [6.45, 7) is 2.01. The maximum Gasteiger partial charge on any atom is 0.228 e. The number of rotatable bonds is 5. The highest BCUT2D eigenvalue weighted by Crippen LogP contribution is 2.26. The monoisotopic (exact) mass is 376 g/mol. The minimum absolute atomic E-state index is 0.00949. The van der Waals surface area contributed by atoms with Gasteiger partial charge >= 0.3 is 0 Å². The van der Waals surface area contributed by atoms with Gasteiger partial charge in [-0.1, -0.05) is 23.7 Å². The van der Waals surface area contributed by atoms with Crippen LogP contribution in [-0.4, -0.2) is 22.8 Å². The van der Waals surface area contributed by atoms with Gasteiger partial charge in [0, 0.05) is 28.4 Å². The number of amides is 1. The van der Waals surface area contributed by atoms with Crippen molar-refractivity contribution in [1.82, 2.24) is 9.88 Å². The first-order chi connectivity index (χ1) is 11.5. The van der Waals surface area contributed by atoms with Crippen LogP contribution in [0, 0.1) is 0 Å². The van der Waals surface area contributed by atoms with E-state index >= 15 is 0 Å². The Balaban J connectivity index is 1.67. The highest BCUT2D eigenvalue weighted by molar-refractivity contribution is 7.14. The van der Waals surface area contributed by atoms with Crippen LogP contribution in [0.2, 0.25) is 5.02 Å². The summed E-state index contributed by atoms with van der Waals surface area (Å²) in [6, 6.07) is 9.63. The zero-order valence-corrected chi connectivity index (χ0v) is 15.8. The van der Waals surface area contributed by atoms with E-state index in [1.165, 1.54) is 0 Å². The van der Waals surface area contributed by atoms with Crippen molar-refractivity contribution in [2.75, 3.05) is 7.05 Å². The Labute approximate surface area is 154 Å². The number of hydrogen-bond acceptors (Lipinski definition) is 4. The molecule has 0 N–H and O–H groups in total. The second kappa shape index (κ2) is 7.47. The van der Waals surface area contributed by atoms with Gasteiger partial charge in [0.15, 0.2) is 0 Å². The summed E-state index contributed by atoms with van der Waals surface area (Å²) in [4.78, 5) is 18.9. The lowest BCUT2D eigenvalue weighted by molar-refractivity contribution is -0.131. The Morgan fingerprint density at radius 2 is 2.00 bits per heavy atom. The van der Waals surface area contributed by atoms with E-state index in [-0.39, 0.29) is 11.9 Å². The zero-order valence-electron chi connectivity index (χ0n) is 13.4. The van der Waals surface area contributed by atoms with Crippen molar-refractivity contribution in [3.8, 4) is 10.6 Å². The van der Waals surface area contributed by atoms with Crippen LogP contribution in [0.5, 0.6) is 0 Å². The molecule has 0 aliphatic rings. The molecule has 1 aromatic carbocycles. The third-order valence-corrected chi connectivity index (χ3v) is 5.85. The minimum Gasteiger partial charge on any atom is -0.339 e. The molecule has 0 saturated carbocycles. The quantitative estimate of drug-likeness (QED) is 0.606. The van der Waals surface area contributed by atoms with E-state index in [9.17, 15) is 4.79 Å². The van der Waals surface area contributed by atoms with Crippen molar-refractivity contribution in [2.45, 2.75) is 19.4 Å². The highest BCUT2D eigenvalue weighted by Gasteiger charge is 2.19. The molecule has 0 fully saturated rings. The highest BCUT2D eigenvalue weighted by atomic mass is 35.5. The lowest BCUT2D eigenvalue weighted by Gasteiger charge is -2.25. The van der Waals surface area contributed by atoms with E-state index in [0.717, 1.165) is 21.8 Å². The molecule has 1 unspecified atom stereocenters. The Hall–Kier alpha value is -1.69. The molecule has 3 rings (SSSR count). The van der Waals surface area contributed by atoms with Crippen LogP contribution in [0.1, 0.15) is 24.2 Å². The van der Waals surface area contributed by atoms with Crippen molar-refractivity contribution >= 4 is 40.2 Å². The first-order valence-electron chi connectivity index (χ1n) is 7.52. The summed E-state index contributed by atoms with van der Waals surface area (Å²) in [6.07, 6.45) is 0.315. The van der Waals surface area contributed by atoms with Gasteiger partial charge in [0.2, 0.25) is 5.91 Å². The molecule has 0 radical (unpaired) electrons. The largest absolute Gasteiger partial charge is 0.339 e. The molecular formula is C18H17ClN2OS2. The van der Waals surface area contributed by atoms with E-state index in [1.807, 2.05) is 55.1 Å². The van der Waals surface area contributed by atoms with Gasteiger partial charge in [-0.15, -0.1) is 11.3 Å². The van der Waals surface area contributed by atoms with Gasteiger partial charge in [0.25, 0.3) is 0 Å². The molecule has 3 aromatic rings. The number of carbonyl (C=O) groups excluding carboxylic acids is 1. The Bertz CT molecular complexity index is 812. The molecule has 0 bridgehead atoms. The van der Waals surface area contributed by atoms with Crippen molar-refractivity contribution in [3.63, 3.8) is 0 Å². The van der Waals surface area contributed by atoms with Crippen LogP contribution in [0.25, 0.3) is 10.6 Å². The standard InChI is InChI=1S/C18H17ClN2OS2/c1-12(13-3-5-15(19)6-4-13)21(2)17(22)9-16-11-24-18(20-16)14-7-8-23-10-14/h3-8,10-12H,9H2,1-2H3. The fourth-order valence-electron chi connectivity index (χ4n) is 2.37. The summed E-state index contributed by atoms with van der Waals surface area (Å²) in [5.41, 5.74) is 3.00. The SMILES string of the molecule is CC(c1ccc(Cl)cc1)N(C)C(=O)Cc1csc(-c2ccsc2)n1. The third-order valence-electron chi connectivity index (χ3n) is 3.98. The maximum absolute atomic E-state index is 12.6. The molecule has 0 aliphatic carbocycles. The van der Waals surface area contributed by atoms with E-state index < -0.39 is 0 Å². The van der Waals surface area contributed by atoms with Crippen LogP contribution in [0.3, 0.4) is 0 Å². The second-order valence-corrected chi connectivity index (χ2v) is 7.64. The summed E-state index contributed by atoms with van der Waals surface area (Å²) in [5, 5.41) is 7.73. The Morgan fingerprint density at radius 1 is 1.25 bits per heavy atom. The van der Waals surface area contributed by atoms with Crippen molar-refractivity contribution in [2.24, 2.45) is 0 Å². The number of benzene rings is 1. The third kappa shape index (κ3) is 3.86. The molecule has 6 heteroatoms. The van der Waals surface area contributed by atoms with Crippen molar-refractivity contribution in [1.29, 1.82) is 0 Å². The second-order valence-electron chi connectivity index (χ2n) is 5.56. The van der Waals surface area contributed by atoms with Gasteiger partial charge in [-0.3, -0.25) is 4.79 Å². The molecule has 3 nitrogen and oxygen atoms in total. The van der Waals surface area contributed by atoms with Gasteiger partial charge in [-0.05, 0) is 36.1 Å². The number of carbonyl (C=O) groups is 1. The smallest absolute Gasteiger partial charge is 0.228 e. The van der Waals surface area contributed by atoms with Crippen LogP contribution < -0.4 is 0 Å². The molecule has 2 heterocycles. The summed E-state index contributed by atoms with van der Waals surface area (Å²) < 4.78 is 0. The lowest BCUT2D eigenvalue weighted by Crippen LogP contribution is -2.31. The summed E-state index contributed by atoms with van der Waals surface area (Å²) in [7, 11) is 1.83. The van der Waals surface area contributed by atoms with E-state index in [2.05, 4.69) is 10.4 Å². The number of aromatic nitrogens is 1. The van der Waals surface area contributed by atoms with Gasteiger partial charge in [-0.25, -0.2) is 4.98 Å². The fraction of sp³-hybridized carbons (Fsp3) is 0.222. The van der Waals surface area contributed by atoms with Crippen molar-refractivity contribution in [3.05, 3.63) is 62.8 Å². The van der Waals surface area contributed by atoms with E-state index in [4.69, 9.17) is 11.6 Å². The fourth-order valence-corrected chi connectivity index (χ4v) is 4.03. The number of halogens is 1. The first kappa shape index (κ1) is 17.1. The molecular weight excluding hydrogens is 360 g/mol. The van der Waals surface area contributed by atoms with E-state index in [1.54, 1.807) is 27.6 Å². The normalized spacial score (nSPS) is 12.1. The number of hydrogen-bond donors (Lipinski definition) is 0. The van der Waals surface area contributed by atoms with Gasteiger partial charge < -0.3 is 4.90 Å². The molecule has 1 amide bonds. The van der Waals surface area contributed by atoms with Crippen LogP contribution in [0.15, 0.2) is 46.5 Å². The topological polar surface area (TPSA) is 33.2 Å². The molecule has 24 heavy (non-hydrogen) atoms. The molecule has 1 atom stereocenters. The van der Waals surface area contributed by atoms with Crippen LogP contribution in [0.4, 0.5) is 0 Å². The molecule has 0 saturated heterocycles. The Morgan fingerprint density at radius 3 is 2.67 bits per heavy atom. The Kier molecular flexibility index (Phi) is 5.33. The van der Waals surface area contributed by atoms with Crippen LogP contribution >= 0.6 is 34.3 Å². The van der Waals surface area contributed by atoms with Crippen LogP contribution in [-0.2, 0) is 11.2 Å². The number of thiophene rings is 1. The number of likely N-dealkylation sites (N-methyl/N-ethyl adjacent to an activating group) is 1. The number of thiazole rings is 1. The average molecular weight is 377 g/mol. The molecule has 0 spiro atoms. The lowest BCUT2D eigenvalue weighted by atomic mass is 10.1. The van der Waals surface area contributed by atoms with Gasteiger partial charge in [0.1, 0.15) is 5.01 Å². The number of nitrogens with zero attached hydrogens (tertiary/aromatic N) is 2. The minimum atomic E-state index is -0.00949. The molecule has 2 aromatic heterocycles. The van der Waals surface area contributed by atoms with E-state index in [0.29, 0.717) is 11.4 Å². The molecule has 124 valence electrons. The predicted octanol–water partition coefficient (Wildman–Crippen LogP) is 5.29. The van der Waals surface area contributed by atoms with Crippen molar-refractivity contribution < 1.29 is 4.79 Å². The summed E-state index contributed by atoms with van der Waals surface area (Å²) in [5.74, 6) is 0.0552. The first-order valence-corrected chi connectivity index (χ1v) is 9.72. The summed E-state index contributed by atoms with van der Waals surface area (Å²) >= 11 is 9.15. The van der Waals surface area contributed by atoms with Gasteiger partial charge in [-0.2, -0.15) is 11.3 Å². The molecule has 0 aliphatic heterocycles. The predicted molar refractivity (Wildman–Crippen MR) is 102 cm³/mol. The zero-order chi connectivity index (χ0) is 17.1. The van der Waals surface area contributed by atoms with Gasteiger partial charge in [0.05, 0.1) is 18.2 Å². The maximum atomic E-state index is 12.6. The average Bonchev–Trinajstić information content (AvgIpc) is 3.25.